The SMILES string of the molecule is O=C(c1cscn1)N1CCC2C(CCC(=O)N2CCc2ccccn2)C1. The molecule has 2 aliphatic heterocycles. The zero-order valence-corrected chi connectivity index (χ0v) is 15.4. The lowest BCUT2D eigenvalue weighted by Crippen LogP contribution is -2.57. The zero-order valence-electron chi connectivity index (χ0n) is 14.6. The molecule has 2 unspecified atom stereocenters. The third-order valence-corrected chi connectivity index (χ3v) is 6.00. The maximum Gasteiger partial charge on any atom is 0.273 e. The predicted molar refractivity (Wildman–Crippen MR) is 98.8 cm³/mol. The molecule has 136 valence electrons. The Morgan fingerprint density at radius 1 is 1.27 bits per heavy atom. The highest BCUT2D eigenvalue weighted by Crippen LogP contribution is 2.32. The number of likely N-dealkylation sites (tertiary alicyclic amines) is 2. The van der Waals surface area contributed by atoms with Crippen molar-refractivity contribution in [2.75, 3.05) is 19.6 Å². The van der Waals surface area contributed by atoms with Crippen molar-refractivity contribution >= 4 is 23.2 Å². The van der Waals surface area contributed by atoms with Crippen molar-refractivity contribution in [1.29, 1.82) is 0 Å². The Kier molecular flexibility index (Phi) is 4.97. The van der Waals surface area contributed by atoms with E-state index in [4.69, 9.17) is 0 Å². The Morgan fingerprint density at radius 3 is 2.96 bits per heavy atom. The summed E-state index contributed by atoms with van der Waals surface area (Å²) in [4.78, 5) is 37.5. The molecule has 0 radical (unpaired) electrons. The summed E-state index contributed by atoms with van der Waals surface area (Å²) in [5, 5.41) is 1.80. The van der Waals surface area contributed by atoms with E-state index < -0.39 is 0 Å². The Morgan fingerprint density at radius 2 is 2.19 bits per heavy atom. The lowest BCUT2D eigenvalue weighted by atomic mass is 9.83. The summed E-state index contributed by atoms with van der Waals surface area (Å²) < 4.78 is 0. The van der Waals surface area contributed by atoms with Gasteiger partial charge in [-0.2, -0.15) is 0 Å². The minimum absolute atomic E-state index is 0.0154. The van der Waals surface area contributed by atoms with Crippen LogP contribution in [0.5, 0.6) is 0 Å². The average Bonchev–Trinajstić information content (AvgIpc) is 3.22. The predicted octanol–water partition coefficient (Wildman–Crippen LogP) is 2.23. The Hall–Kier alpha value is -2.28. The van der Waals surface area contributed by atoms with Crippen LogP contribution in [-0.4, -0.2) is 57.3 Å². The molecule has 2 aromatic rings. The number of pyridine rings is 1. The van der Waals surface area contributed by atoms with Crippen LogP contribution in [0, 0.1) is 5.92 Å². The number of hydrogen-bond donors (Lipinski definition) is 0. The quantitative estimate of drug-likeness (QED) is 0.828. The number of nitrogens with zero attached hydrogens (tertiary/aromatic N) is 4. The van der Waals surface area contributed by atoms with Gasteiger partial charge in [0.25, 0.3) is 5.91 Å². The molecule has 2 fully saturated rings. The number of carbonyl (C=O) groups excluding carboxylic acids is 2. The Labute approximate surface area is 156 Å². The highest BCUT2D eigenvalue weighted by Gasteiger charge is 2.40. The van der Waals surface area contributed by atoms with Gasteiger partial charge in [0.05, 0.1) is 5.51 Å². The smallest absolute Gasteiger partial charge is 0.273 e. The van der Waals surface area contributed by atoms with Crippen molar-refractivity contribution in [3.05, 3.63) is 46.7 Å². The van der Waals surface area contributed by atoms with Crippen LogP contribution < -0.4 is 0 Å². The minimum atomic E-state index is 0.0154. The molecule has 26 heavy (non-hydrogen) atoms. The van der Waals surface area contributed by atoms with E-state index in [2.05, 4.69) is 9.97 Å². The van der Waals surface area contributed by atoms with Crippen molar-refractivity contribution in [2.45, 2.75) is 31.7 Å². The van der Waals surface area contributed by atoms with Crippen LogP contribution in [0.1, 0.15) is 35.4 Å². The second-order valence-electron chi connectivity index (χ2n) is 6.94. The second-order valence-corrected chi connectivity index (χ2v) is 7.66. The topological polar surface area (TPSA) is 66.4 Å². The zero-order chi connectivity index (χ0) is 17.9. The molecule has 4 heterocycles. The van der Waals surface area contributed by atoms with Gasteiger partial charge in [0, 0.05) is 55.8 Å². The minimum Gasteiger partial charge on any atom is -0.339 e. The van der Waals surface area contributed by atoms with Crippen LogP contribution >= 0.6 is 11.3 Å². The monoisotopic (exact) mass is 370 g/mol. The van der Waals surface area contributed by atoms with Gasteiger partial charge in [0.2, 0.25) is 5.91 Å². The number of thiazole rings is 1. The fourth-order valence-corrected chi connectivity index (χ4v) is 4.61. The van der Waals surface area contributed by atoms with Gasteiger partial charge in [-0.05, 0) is 30.9 Å². The number of rotatable bonds is 4. The highest BCUT2D eigenvalue weighted by atomic mass is 32.1. The number of carbonyl (C=O) groups is 2. The van der Waals surface area contributed by atoms with Gasteiger partial charge in [0.15, 0.2) is 0 Å². The first kappa shape index (κ1) is 17.1. The van der Waals surface area contributed by atoms with Gasteiger partial charge in [-0.25, -0.2) is 4.98 Å². The van der Waals surface area contributed by atoms with Crippen molar-refractivity contribution < 1.29 is 9.59 Å². The first-order valence-corrected chi connectivity index (χ1v) is 10.0. The molecule has 0 saturated carbocycles. The second kappa shape index (κ2) is 7.53. The summed E-state index contributed by atoms with van der Waals surface area (Å²) in [6.45, 7) is 2.11. The normalized spacial score (nSPS) is 23.0. The number of hydrogen-bond acceptors (Lipinski definition) is 5. The average molecular weight is 370 g/mol. The molecular weight excluding hydrogens is 348 g/mol. The molecule has 2 atom stereocenters. The first-order valence-electron chi connectivity index (χ1n) is 9.09. The van der Waals surface area contributed by atoms with E-state index in [1.54, 1.807) is 17.1 Å². The molecule has 0 N–H and O–H groups in total. The van der Waals surface area contributed by atoms with E-state index in [-0.39, 0.29) is 17.9 Å². The van der Waals surface area contributed by atoms with Gasteiger partial charge in [-0.1, -0.05) is 6.07 Å². The van der Waals surface area contributed by atoms with Crippen LogP contribution in [0.15, 0.2) is 35.3 Å². The van der Waals surface area contributed by atoms with Gasteiger partial charge < -0.3 is 9.80 Å². The van der Waals surface area contributed by atoms with E-state index >= 15 is 0 Å². The molecule has 0 bridgehead atoms. The van der Waals surface area contributed by atoms with Crippen LogP contribution in [0.25, 0.3) is 0 Å². The van der Waals surface area contributed by atoms with Gasteiger partial charge in [-0.3, -0.25) is 14.6 Å². The number of aromatic nitrogens is 2. The van der Waals surface area contributed by atoms with Crippen LogP contribution in [0.2, 0.25) is 0 Å². The Bertz CT molecular complexity index is 765. The molecule has 2 saturated heterocycles. The lowest BCUT2D eigenvalue weighted by Gasteiger charge is -2.47. The third-order valence-electron chi connectivity index (χ3n) is 5.42. The number of amides is 2. The molecule has 4 rings (SSSR count). The lowest BCUT2D eigenvalue weighted by molar-refractivity contribution is -0.140. The fraction of sp³-hybridized carbons (Fsp3) is 0.474. The molecule has 0 aromatic carbocycles. The van der Waals surface area contributed by atoms with Gasteiger partial charge >= 0.3 is 0 Å². The molecule has 2 aromatic heterocycles. The summed E-state index contributed by atoms with van der Waals surface area (Å²) in [6, 6.07) is 6.12. The molecule has 6 nitrogen and oxygen atoms in total. The largest absolute Gasteiger partial charge is 0.339 e. The van der Waals surface area contributed by atoms with Gasteiger partial charge in [-0.15, -0.1) is 11.3 Å². The molecule has 7 heteroatoms. The fourth-order valence-electron chi connectivity index (χ4n) is 4.09. The Balaban J connectivity index is 1.41. The van der Waals surface area contributed by atoms with E-state index in [0.717, 1.165) is 25.0 Å². The van der Waals surface area contributed by atoms with Gasteiger partial charge in [0.1, 0.15) is 5.69 Å². The summed E-state index contributed by atoms with van der Waals surface area (Å²) in [5.41, 5.74) is 3.24. The number of piperidine rings is 2. The standard InChI is InChI=1S/C19H22N4O2S/c24-18-5-4-14-11-22(19(25)16-12-26-13-21-16)9-7-17(14)23(18)10-6-15-3-1-2-8-20-15/h1-3,8,12-14,17H,4-7,9-11H2. The van der Waals surface area contributed by atoms with Crippen molar-refractivity contribution in [3.63, 3.8) is 0 Å². The highest BCUT2D eigenvalue weighted by molar-refractivity contribution is 7.07. The summed E-state index contributed by atoms with van der Waals surface area (Å²) in [5.74, 6) is 0.607. The molecule has 2 aliphatic rings. The van der Waals surface area contributed by atoms with Crippen molar-refractivity contribution in [3.8, 4) is 0 Å². The number of fused-ring (bicyclic) bond motifs is 1. The van der Waals surface area contributed by atoms with E-state index in [1.807, 2.05) is 28.0 Å². The van der Waals surface area contributed by atoms with E-state index in [9.17, 15) is 9.59 Å². The summed E-state index contributed by atoms with van der Waals surface area (Å²) >= 11 is 1.44. The molecular formula is C19H22N4O2S. The van der Waals surface area contributed by atoms with Crippen molar-refractivity contribution in [1.82, 2.24) is 19.8 Å². The van der Waals surface area contributed by atoms with E-state index in [0.29, 0.717) is 37.7 Å². The van der Waals surface area contributed by atoms with Crippen LogP contribution in [0.4, 0.5) is 0 Å². The maximum atomic E-state index is 12.6. The third kappa shape index (κ3) is 3.49. The first-order chi connectivity index (χ1) is 12.7. The molecule has 0 aliphatic carbocycles. The van der Waals surface area contributed by atoms with Crippen molar-refractivity contribution in [2.24, 2.45) is 5.92 Å². The van der Waals surface area contributed by atoms with E-state index in [1.165, 1.54) is 11.3 Å². The summed E-state index contributed by atoms with van der Waals surface area (Å²) in [6.07, 6.45) is 4.84. The summed E-state index contributed by atoms with van der Waals surface area (Å²) in [7, 11) is 0. The molecule has 0 spiro atoms. The van der Waals surface area contributed by atoms with Crippen LogP contribution in [-0.2, 0) is 11.2 Å². The van der Waals surface area contributed by atoms with Crippen LogP contribution in [0.3, 0.4) is 0 Å². The molecule has 2 amide bonds. The maximum absolute atomic E-state index is 12.6.